The van der Waals surface area contributed by atoms with Gasteiger partial charge in [-0.2, -0.15) is 0 Å². The first kappa shape index (κ1) is 22.2. The number of carbonyl (C=O) groups is 2. The summed E-state index contributed by atoms with van der Waals surface area (Å²) in [5.41, 5.74) is 2.14. The van der Waals surface area contributed by atoms with Gasteiger partial charge in [-0.1, -0.05) is 26.3 Å². The van der Waals surface area contributed by atoms with Crippen molar-refractivity contribution in [3.05, 3.63) is 45.6 Å². The molecule has 1 aliphatic rings. The number of fused-ring (bicyclic) bond motifs is 1. The molecule has 6 nitrogen and oxygen atoms in total. The van der Waals surface area contributed by atoms with Crippen molar-refractivity contribution in [2.24, 2.45) is 5.92 Å². The number of thiophene rings is 1. The first-order valence-corrected chi connectivity index (χ1v) is 11.2. The maximum Gasteiger partial charge on any atom is 0.242 e. The minimum atomic E-state index is -0.0704. The molecule has 1 aliphatic heterocycles. The van der Waals surface area contributed by atoms with E-state index in [1.54, 1.807) is 16.2 Å². The number of amides is 2. The molecular formula is C23H30N2O4S. The predicted octanol–water partition coefficient (Wildman–Crippen LogP) is 4.21. The van der Waals surface area contributed by atoms with Crippen LogP contribution in [0.5, 0.6) is 11.5 Å². The zero-order chi connectivity index (χ0) is 21.7. The van der Waals surface area contributed by atoms with Crippen LogP contribution in [0.3, 0.4) is 0 Å². The van der Waals surface area contributed by atoms with Crippen LogP contribution < -0.4 is 9.47 Å². The van der Waals surface area contributed by atoms with Crippen LogP contribution in [0, 0.1) is 12.8 Å². The molecule has 1 atom stereocenters. The maximum atomic E-state index is 13.3. The lowest BCUT2D eigenvalue weighted by Gasteiger charge is -2.28. The van der Waals surface area contributed by atoms with Crippen molar-refractivity contribution in [1.82, 2.24) is 9.80 Å². The van der Waals surface area contributed by atoms with Gasteiger partial charge in [0.15, 0.2) is 11.5 Å². The fraction of sp³-hybridized carbons (Fsp3) is 0.478. The maximum absolute atomic E-state index is 13.3. The van der Waals surface area contributed by atoms with Crippen LogP contribution >= 0.6 is 11.3 Å². The smallest absolute Gasteiger partial charge is 0.242 e. The van der Waals surface area contributed by atoms with E-state index in [-0.39, 0.29) is 25.2 Å². The summed E-state index contributed by atoms with van der Waals surface area (Å²) in [6.45, 7) is 9.64. The molecule has 1 aromatic carbocycles. The van der Waals surface area contributed by atoms with Gasteiger partial charge in [0, 0.05) is 24.9 Å². The van der Waals surface area contributed by atoms with E-state index in [4.69, 9.17) is 9.47 Å². The highest BCUT2D eigenvalue weighted by Gasteiger charge is 2.23. The van der Waals surface area contributed by atoms with Gasteiger partial charge in [0.25, 0.3) is 0 Å². The highest BCUT2D eigenvalue weighted by Crippen LogP contribution is 2.33. The Labute approximate surface area is 182 Å². The molecule has 7 heteroatoms. The minimum Gasteiger partial charge on any atom is -0.454 e. The molecular weight excluding hydrogens is 400 g/mol. The summed E-state index contributed by atoms with van der Waals surface area (Å²) in [5.74, 6) is 1.65. The molecule has 162 valence electrons. The lowest BCUT2D eigenvalue weighted by atomic mass is 10.1. The summed E-state index contributed by atoms with van der Waals surface area (Å²) in [6, 6.07) is 7.82. The normalized spacial score (nSPS) is 13.2. The number of ether oxygens (including phenoxy) is 2. The Bertz CT molecular complexity index is 895. The fourth-order valence-electron chi connectivity index (χ4n) is 3.30. The molecule has 2 heterocycles. The average molecular weight is 431 g/mol. The van der Waals surface area contributed by atoms with E-state index in [9.17, 15) is 9.59 Å². The van der Waals surface area contributed by atoms with Gasteiger partial charge in [-0.15, -0.1) is 11.3 Å². The second-order valence-corrected chi connectivity index (χ2v) is 8.88. The Morgan fingerprint density at radius 2 is 1.90 bits per heavy atom. The van der Waals surface area contributed by atoms with Gasteiger partial charge in [0.05, 0.1) is 13.1 Å². The first-order chi connectivity index (χ1) is 14.4. The number of hydrogen-bond acceptors (Lipinski definition) is 5. The number of hydrogen-bond donors (Lipinski definition) is 0. The molecule has 0 saturated carbocycles. The zero-order valence-corrected chi connectivity index (χ0v) is 19.0. The fourth-order valence-corrected chi connectivity index (χ4v) is 4.23. The lowest BCUT2D eigenvalue weighted by molar-refractivity contribution is -0.140. The number of rotatable bonds is 9. The second-order valence-electron chi connectivity index (χ2n) is 7.88. The van der Waals surface area contributed by atoms with Gasteiger partial charge in [-0.25, -0.2) is 0 Å². The van der Waals surface area contributed by atoms with Crippen LogP contribution in [0.4, 0.5) is 0 Å². The molecule has 0 fully saturated rings. The average Bonchev–Trinajstić information content (AvgIpc) is 3.35. The van der Waals surface area contributed by atoms with Crippen LogP contribution in [0.25, 0.3) is 0 Å². The molecule has 30 heavy (non-hydrogen) atoms. The van der Waals surface area contributed by atoms with E-state index in [0.717, 1.165) is 22.6 Å². The van der Waals surface area contributed by atoms with Gasteiger partial charge in [-0.3, -0.25) is 9.59 Å². The van der Waals surface area contributed by atoms with E-state index in [2.05, 4.69) is 26.8 Å². The summed E-state index contributed by atoms with van der Waals surface area (Å²) in [4.78, 5) is 30.1. The van der Waals surface area contributed by atoms with E-state index in [1.165, 1.54) is 12.5 Å². The minimum absolute atomic E-state index is 0.0565. The zero-order valence-electron chi connectivity index (χ0n) is 18.1. The molecule has 0 bridgehead atoms. The standard InChI is InChI=1S/C23H30N2O4S/c1-5-16(2)11-24(18(4)26)14-23(27)25(13-22-17(3)8-9-30-22)12-19-6-7-20-21(10-19)29-15-28-20/h6-10,16H,5,11-15H2,1-4H3. The van der Waals surface area contributed by atoms with Gasteiger partial charge in [-0.05, 0) is 47.5 Å². The molecule has 0 N–H and O–H groups in total. The van der Waals surface area contributed by atoms with Crippen LogP contribution in [0.2, 0.25) is 0 Å². The second kappa shape index (κ2) is 9.98. The Balaban J connectivity index is 1.78. The number of aryl methyl sites for hydroxylation is 1. The molecule has 0 aliphatic carbocycles. The van der Waals surface area contributed by atoms with Crippen molar-refractivity contribution in [1.29, 1.82) is 0 Å². The number of carbonyl (C=O) groups excluding carboxylic acids is 2. The number of nitrogens with zero attached hydrogens (tertiary/aromatic N) is 2. The van der Waals surface area contributed by atoms with Crippen molar-refractivity contribution in [2.75, 3.05) is 19.9 Å². The Kier molecular flexibility index (Phi) is 7.37. The van der Waals surface area contributed by atoms with E-state index < -0.39 is 0 Å². The van der Waals surface area contributed by atoms with E-state index in [1.807, 2.05) is 28.5 Å². The van der Waals surface area contributed by atoms with E-state index in [0.29, 0.717) is 31.3 Å². The summed E-state index contributed by atoms with van der Waals surface area (Å²) in [7, 11) is 0. The van der Waals surface area contributed by atoms with Gasteiger partial charge < -0.3 is 19.3 Å². The van der Waals surface area contributed by atoms with Gasteiger partial charge in [0.2, 0.25) is 18.6 Å². The monoisotopic (exact) mass is 430 g/mol. The van der Waals surface area contributed by atoms with Crippen molar-refractivity contribution < 1.29 is 19.1 Å². The predicted molar refractivity (Wildman–Crippen MR) is 118 cm³/mol. The highest BCUT2D eigenvalue weighted by molar-refractivity contribution is 7.10. The van der Waals surface area contributed by atoms with Crippen LogP contribution in [0.1, 0.15) is 43.2 Å². The van der Waals surface area contributed by atoms with Crippen LogP contribution in [0.15, 0.2) is 29.6 Å². The van der Waals surface area contributed by atoms with Crippen molar-refractivity contribution >= 4 is 23.2 Å². The van der Waals surface area contributed by atoms with Gasteiger partial charge >= 0.3 is 0 Å². The Morgan fingerprint density at radius 1 is 1.13 bits per heavy atom. The van der Waals surface area contributed by atoms with Crippen LogP contribution in [-0.2, 0) is 22.7 Å². The largest absolute Gasteiger partial charge is 0.454 e. The quantitative estimate of drug-likeness (QED) is 0.598. The van der Waals surface area contributed by atoms with E-state index >= 15 is 0 Å². The molecule has 2 amide bonds. The highest BCUT2D eigenvalue weighted by atomic mass is 32.1. The summed E-state index contributed by atoms with van der Waals surface area (Å²) < 4.78 is 10.9. The molecule has 0 saturated heterocycles. The molecule has 1 unspecified atom stereocenters. The third-order valence-electron chi connectivity index (χ3n) is 5.47. The van der Waals surface area contributed by atoms with Crippen LogP contribution in [-0.4, -0.2) is 41.5 Å². The molecule has 2 aromatic rings. The van der Waals surface area contributed by atoms with Crippen molar-refractivity contribution in [2.45, 2.75) is 47.2 Å². The molecule has 1 aromatic heterocycles. The summed E-state index contributed by atoms with van der Waals surface area (Å²) >= 11 is 1.65. The molecule has 0 radical (unpaired) electrons. The lowest BCUT2D eigenvalue weighted by Crippen LogP contribution is -2.43. The third kappa shape index (κ3) is 5.53. The summed E-state index contributed by atoms with van der Waals surface area (Å²) in [5, 5.41) is 2.04. The molecule has 3 rings (SSSR count). The Morgan fingerprint density at radius 3 is 2.57 bits per heavy atom. The Hall–Kier alpha value is -2.54. The third-order valence-corrected chi connectivity index (χ3v) is 6.47. The van der Waals surface area contributed by atoms with Crippen molar-refractivity contribution in [3.63, 3.8) is 0 Å². The first-order valence-electron chi connectivity index (χ1n) is 10.3. The topological polar surface area (TPSA) is 59.1 Å². The van der Waals surface area contributed by atoms with Gasteiger partial charge in [0.1, 0.15) is 0 Å². The van der Waals surface area contributed by atoms with Crippen molar-refractivity contribution in [3.8, 4) is 11.5 Å². The SMILES string of the molecule is CCC(C)CN(CC(=O)N(Cc1ccc2c(c1)OCO2)Cc1sccc1C)C(C)=O. The summed E-state index contributed by atoms with van der Waals surface area (Å²) in [6.07, 6.45) is 0.966. The molecule has 0 spiro atoms. The number of benzene rings is 1.